The summed E-state index contributed by atoms with van der Waals surface area (Å²) >= 11 is 0. The lowest BCUT2D eigenvalue weighted by Gasteiger charge is -2.26. The van der Waals surface area contributed by atoms with E-state index < -0.39 is 11.6 Å². The molecular weight excluding hydrogens is 358 g/mol. The van der Waals surface area contributed by atoms with Crippen molar-refractivity contribution in [3.05, 3.63) is 53.5 Å². The standard InChI is InChI=1S/C19H22F2N2O4/c20-14-2-4-17(16(21)12-14)26-13-15-3-5-18(27-15)19(24)22-6-1-7-23-8-10-25-11-9-23/h2-5,12H,1,6-11,13H2,(H,22,24). The predicted molar refractivity (Wildman–Crippen MR) is 93.6 cm³/mol. The van der Waals surface area contributed by atoms with Crippen LogP contribution in [0.1, 0.15) is 22.7 Å². The fourth-order valence-electron chi connectivity index (χ4n) is 2.74. The molecule has 0 radical (unpaired) electrons. The molecule has 1 N–H and O–H groups in total. The van der Waals surface area contributed by atoms with Crippen LogP contribution in [0, 0.1) is 11.6 Å². The van der Waals surface area contributed by atoms with Crippen molar-refractivity contribution >= 4 is 5.91 Å². The van der Waals surface area contributed by atoms with Gasteiger partial charge in [0.1, 0.15) is 18.2 Å². The quantitative estimate of drug-likeness (QED) is 0.714. The highest BCUT2D eigenvalue weighted by Gasteiger charge is 2.13. The van der Waals surface area contributed by atoms with Crippen LogP contribution in [-0.2, 0) is 11.3 Å². The number of amides is 1. The van der Waals surface area contributed by atoms with Gasteiger partial charge in [-0.3, -0.25) is 9.69 Å². The summed E-state index contributed by atoms with van der Waals surface area (Å²) in [5, 5.41) is 2.81. The average molecular weight is 380 g/mol. The summed E-state index contributed by atoms with van der Waals surface area (Å²) in [6.45, 7) is 4.74. The lowest BCUT2D eigenvalue weighted by Crippen LogP contribution is -2.38. The molecule has 1 amide bonds. The van der Waals surface area contributed by atoms with Crippen molar-refractivity contribution in [2.24, 2.45) is 0 Å². The van der Waals surface area contributed by atoms with Crippen molar-refractivity contribution in [3.8, 4) is 5.75 Å². The van der Waals surface area contributed by atoms with E-state index in [1.807, 2.05) is 0 Å². The third-order valence-electron chi connectivity index (χ3n) is 4.19. The van der Waals surface area contributed by atoms with E-state index in [0.717, 1.165) is 51.4 Å². The van der Waals surface area contributed by atoms with Crippen LogP contribution in [-0.4, -0.2) is 50.2 Å². The maximum Gasteiger partial charge on any atom is 0.286 e. The number of hydrogen-bond donors (Lipinski definition) is 1. The third-order valence-corrected chi connectivity index (χ3v) is 4.19. The molecule has 6 nitrogen and oxygen atoms in total. The number of morpholine rings is 1. The largest absolute Gasteiger partial charge is 0.483 e. The fraction of sp³-hybridized carbons (Fsp3) is 0.421. The number of ether oxygens (including phenoxy) is 2. The zero-order chi connectivity index (χ0) is 19.1. The van der Waals surface area contributed by atoms with Crippen molar-refractivity contribution in [1.29, 1.82) is 0 Å². The van der Waals surface area contributed by atoms with E-state index in [1.54, 1.807) is 6.07 Å². The smallest absolute Gasteiger partial charge is 0.286 e. The predicted octanol–water partition coefficient (Wildman–Crippen LogP) is 2.59. The van der Waals surface area contributed by atoms with E-state index in [-0.39, 0.29) is 24.0 Å². The molecule has 0 saturated carbocycles. The van der Waals surface area contributed by atoms with Gasteiger partial charge in [0.05, 0.1) is 13.2 Å². The first-order valence-corrected chi connectivity index (χ1v) is 8.86. The normalized spacial score (nSPS) is 14.9. The molecule has 0 spiro atoms. The van der Waals surface area contributed by atoms with Crippen molar-refractivity contribution in [1.82, 2.24) is 10.2 Å². The average Bonchev–Trinajstić information content (AvgIpc) is 3.14. The summed E-state index contributed by atoms with van der Waals surface area (Å²) in [5.74, 6) is -1.32. The van der Waals surface area contributed by atoms with Gasteiger partial charge in [0.25, 0.3) is 5.91 Å². The minimum absolute atomic E-state index is 0.0626. The zero-order valence-electron chi connectivity index (χ0n) is 14.9. The molecule has 146 valence electrons. The molecule has 0 aliphatic carbocycles. The highest BCUT2D eigenvalue weighted by Crippen LogP contribution is 2.19. The van der Waals surface area contributed by atoms with Crippen LogP contribution in [0.15, 0.2) is 34.7 Å². The molecule has 27 heavy (non-hydrogen) atoms. The Bertz CT molecular complexity index is 760. The first-order chi connectivity index (χ1) is 13.1. The maximum atomic E-state index is 13.5. The first-order valence-electron chi connectivity index (χ1n) is 8.86. The topological polar surface area (TPSA) is 63.9 Å². The monoisotopic (exact) mass is 380 g/mol. The van der Waals surface area contributed by atoms with E-state index >= 15 is 0 Å². The summed E-state index contributed by atoms with van der Waals surface area (Å²) < 4.78 is 42.4. The molecular formula is C19H22F2N2O4. The Kier molecular flexibility index (Phi) is 6.78. The second kappa shape index (κ2) is 9.48. The van der Waals surface area contributed by atoms with Crippen LogP contribution < -0.4 is 10.1 Å². The van der Waals surface area contributed by atoms with Gasteiger partial charge in [0, 0.05) is 25.7 Å². The van der Waals surface area contributed by atoms with Gasteiger partial charge >= 0.3 is 0 Å². The molecule has 1 saturated heterocycles. The minimum atomic E-state index is -0.792. The Morgan fingerprint density at radius 3 is 2.78 bits per heavy atom. The van der Waals surface area contributed by atoms with Crippen LogP contribution in [0.5, 0.6) is 5.75 Å². The lowest BCUT2D eigenvalue weighted by atomic mass is 10.3. The van der Waals surface area contributed by atoms with Crippen LogP contribution in [0.25, 0.3) is 0 Å². The number of carbonyl (C=O) groups excluding carboxylic acids is 1. The van der Waals surface area contributed by atoms with Gasteiger partial charge in [-0.1, -0.05) is 0 Å². The maximum absolute atomic E-state index is 13.5. The minimum Gasteiger partial charge on any atom is -0.483 e. The third kappa shape index (κ3) is 5.77. The Morgan fingerprint density at radius 2 is 2.00 bits per heavy atom. The molecule has 2 heterocycles. The SMILES string of the molecule is O=C(NCCCN1CCOCC1)c1ccc(COc2ccc(F)cc2F)o1. The summed E-state index contributed by atoms with van der Waals surface area (Å²) in [6.07, 6.45) is 0.840. The van der Waals surface area contributed by atoms with E-state index in [0.29, 0.717) is 12.3 Å². The highest BCUT2D eigenvalue weighted by molar-refractivity contribution is 5.91. The van der Waals surface area contributed by atoms with E-state index in [4.69, 9.17) is 13.9 Å². The Labute approximate surface area is 156 Å². The van der Waals surface area contributed by atoms with E-state index in [1.165, 1.54) is 12.1 Å². The molecule has 2 aromatic rings. The lowest BCUT2D eigenvalue weighted by molar-refractivity contribution is 0.0374. The van der Waals surface area contributed by atoms with E-state index in [2.05, 4.69) is 10.2 Å². The van der Waals surface area contributed by atoms with Gasteiger partial charge < -0.3 is 19.2 Å². The first kappa shape index (κ1) is 19.3. The van der Waals surface area contributed by atoms with E-state index in [9.17, 15) is 13.6 Å². The Hall–Kier alpha value is -2.45. The van der Waals surface area contributed by atoms with Crippen LogP contribution >= 0.6 is 0 Å². The number of rotatable bonds is 8. The molecule has 8 heteroatoms. The summed E-state index contributed by atoms with van der Waals surface area (Å²) in [6, 6.07) is 6.18. The number of hydrogen-bond acceptors (Lipinski definition) is 5. The molecule has 1 aromatic carbocycles. The van der Waals surface area contributed by atoms with Gasteiger partial charge in [0.2, 0.25) is 0 Å². The number of nitrogens with one attached hydrogen (secondary N) is 1. The Balaban J connectivity index is 1.40. The number of furan rings is 1. The van der Waals surface area contributed by atoms with Gasteiger partial charge in [-0.05, 0) is 37.2 Å². The molecule has 0 unspecified atom stereocenters. The van der Waals surface area contributed by atoms with Gasteiger partial charge in [0.15, 0.2) is 17.3 Å². The van der Waals surface area contributed by atoms with Gasteiger partial charge in [-0.25, -0.2) is 8.78 Å². The highest BCUT2D eigenvalue weighted by atomic mass is 19.1. The second-order valence-corrected chi connectivity index (χ2v) is 6.19. The summed E-state index contributed by atoms with van der Waals surface area (Å²) in [5.41, 5.74) is 0. The molecule has 0 atom stereocenters. The Morgan fingerprint density at radius 1 is 1.19 bits per heavy atom. The second-order valence-electron chi connectivity index (χ2n) is 6.19. The fourth-order valence-corrected chi connectivity index (χ4v) is 2.74. The van der Waals surface area contributed by atoms with Crippen molar-refractivity contribution < 1.29 is 27.5 Å². The molecule has 0 bridgehead atoms. The molecule has 3 rings (SSSR count). The summed E-state index contributed by atoms with van der Waals surface area (Å²) in [4.78, 5) is 14.4. The number of carbonyl (C=O) groups is 1. The molecule has 1 aliphatic heterocycles. The number of halogens is 2. The van der Waals surface area contributed by atoms with Gasteiger partial charge in [-0.15, -0.1) is 0 Å². The van der Waals surface area contributed by atoms with Crippen molar-refractivity contribution in [3.63, 3.8) is 0 Å². The number of benzene rings is 1. The van der Waals surface area contributed by atoms with Crippen LogP contribution in [0.3, 0.4) is 0 Å². The van der Waals surface area contributed by atoms with Crippen molar-refractivity contribution in [2.45, 2.75) is 13.0 Å². The molecule has 1 fully saturated rings. The van der Waals surface area contributed by atoms with Gasteiger partial charge in [-0.2, -0.15) is 0 Å². The zero-order valence-corrected chi connectivity index (χ0v) is 14.9. The summed E-state index contributed by atoms with van der Waals surface area (Å²) in [7, 11) is 0. The van der Waals surface area contributed by atoms with Crippen LogP contribution in [0.4, 0.5) is 8.78 Å². The number of nitrogens with zero attached hydrogens (tertiary/aromatic N) is 1. The van der Waals surface area contributed by atoms with Crippen molar-refractivity contribution in [2.75, 3.05) is 39.4 Å². The van der Waals surface area contributed by atoms with Crippen LogP contribution in [0.2, 0.25) is 0 Å². The molecule has 1 aromatic heterocycles. The molecule has 1 aliphatic rings.